The summed E-state index contributed by atoms with van der Waals surface area (Å²) in [5, 5.41) is 3.22. The van der Waals surface area contributed by atoms with Crippen LogP contribution in [-0.2, 0) is 0 Å². The molecule has 0 aromatic carbocycles. The third kappa shape index (κ3) is 1.90. The van der Waals surface area contributed by atoms with E-state index in [-0.39, 0.29) is 0 Å². The highest BCUT2D eigenvalue weighted by Crippen LogP contribution is 2.45. The third-order valence-corrected chi connectivity index (χ3v) is 3.13. The number of nitrogens with zero attached hydrogens (tertiary/aromatic N) is 2. The quantitative estimate of drug-likeness (QED) is 0.903. The van der Waals surface area contributed by atoms with Gasteiger partial charge in [0.25, 0.3) is 0 Å². The largest absolute Gasteiger partial charge is 0.369 e. The fourth-order valence-electron chi connectivity index (χ4n) is 1.53. The lowest BCUT2D eigenvalue weighted by Crippen LogP contribution is -2.03. The van der Waals surface area contributed by atoms with E-state index in [0.717, 1.165) is 28.6 Å². The molecule has 2 atom stereocenters. The van der Waals surface area contributed by atoms with Crippen molar-refractivity contribution in [2.45, 2.75) is 26.2 Å². The van der Waals surface area contributed by atoms with E-state index in [9.17, 15) is 0 Å². The van der Waals surface area contributed by atoms with Crippen molar-refractivity contribution < 1.29 is 0 Å². The third-order valence-electron chi connectivity index (χ3n) is 2.55. The Morgan fingerprint density at radius 3 is 2.93 bits per heavy atom. The lowest BCUT2D eigenvalue weighted by atomic mass is 10.3. The monoisotopic (exact) mass is 255 g/mol. The highest BCUT2D eigenvalue weighted by molar-refractivity contribution is 9.10. The summed E-state index contributed by atoms with van der Waals surface area (Å²) in [6.45, 7) is 5.19. The minimum Gasteiger partial charge on any atom is -0.369 e. The lowest BCUT2D eigenvalue weighted by Gasteiger charge is -2.06. The second-order valence-electron chi connectivity index (χ2n) is 3.77. The molecule has 1 fully saturated rings. The van der Waals surface area contributed by atoms with Crippen molar-refractivity contribution in [3.63, 3.8) is 0 Å². The van der Waals surface area contributed by atoms with Crippen molar-refractivity contribution in [2.75, 3.05) is 11.9 Å². The predicted octanol–water partition coefficient (Wildman–Crippen LogP) is 2.79. The summed E-state index contributed by atoms with van der Waals surface area (Å²) < 4.78 is 0.941. The highest BCUT2D eigenvalue weighted by atomic mass is 79.9. The van der Waals surface area contributed by atoms with E-state index in [1.54, 1.807) is 0 Å². The van der Waals surface area contributed by atoms with Crippen LogP contribution in [0.15, 0.2) is 10.7 Å². The standard InChI is InChI=1S/C10H14BrN3/c1-3-12-10-8(11)5-13-9(14-10)7-4-6(7)2/h5-7H,3-4H2,1-2H3,(H,12,13,14). The summed E-state index contributed by atoms with van der Waals surface area (Å²) in [6.07, 6.45) is 3.07. The molecule has 4 heteroatoms. The molecule has 76 valence electrons. The van der Waals surface area contributed by atoms with Gasteiger partial charge in [0.2, 0.25) is 0 Å². The minimum absolute atomic E-state index is 0.584. The molecule has 1 aromatic heterocycles. The van der Waals surface area contributed by atoms with Gasteiger partial charge in [-0.3, -0.25) is 0 Å². The molecule has 0 bridgehead atoms. The van der Waals surface area contributed by atoms with Gasteiger partial charge in [-0.15, -0.1) is 0 Å². The first-order valence-corrected chi connectivity index (χ1v) is 5.78. The van der Waals surface area contributed by atoms with E-state index < -0.39 is 0 Å². The van der Waals surface area contributed by atoms with Crippen LogP contribution >= 0.6 is 15.9 Å². The maximum Gasteiger partial charge on any atom is 0.144 e. The fraction of sp³-hybridized carbons (Fsp3) is 0.600. The molecule has 2 unspecified atom stereocenters. The number of aromatic nitrogens is 2. The summed E-state index contributed by atoms with van der Waals surface area (Å²) in [4.78, 5) is 8.84. The van der Waals surface area contributed by atoms with Crippen LogP contribution in [0, 0.1) is 5.92 Å². The predicted molar refractivity (Wildman–Crippen MR) is 60.4 cm³/mol. The molecule has 1 heterocycles. The van der Waals surface area contributed by atoms with Gasteiger partial charge in [0.05, 0.1) is 4.47 Å². The number of rotatable bonds is 3. The Labute approximate surface area is 92.5 Å². The van der Waals surface area contributed by atoms with Crippen molar-refractivity contribution >= 4 is 21.7 Å². The minimum atomic E-state index is 0.584. The normalized spacial score (nSPS) is 24.8. The van der Waals surface area contributed by atoms with Crippen molar-refractivity contribution in [1.82, 2.24) is 9.97 Å². The first kappa shape index (κ1) is 9.90. The summed E-state index contributed by atoms with van der Waals surface area (Å²) in [7, 11) is 0. The Hall–Kier alpha value is -0.640. The van der Waals surface area contributed by atoms with E-state index in [1.807, 2.05) is 6.20 Å². The van der Waals surface area contributed by atoms with Crippen molar-refractivity contribution in [3.8, 4) is 0 Å². The van der Waals surface area contributed by atoms with Crippen LogP contribution in [0.25, 0.3) is 0 Å². The van der Waals surface area contributed by atoms with Crippen LogP contribution in [0.3, 0.4) is 0 Å². The molecule has 14 heavy (non-hydrogen) atoms. The van der Waals surface area contributed by atoms with E-state index in [0.29, 0.717) is 5.92 Å². The number of nitrogens with one attached hydrogen (secondary N) is 1. The average Bonchev–Trinajstić information content (AvgIpc) is 2.87. The number of halogens is 1. The Balaban J connectivity index is 2.22. The summed E-state index contributed by atoms with van der Waals surface area (Å²) in [5.74, 6) is 3.24. The molecule has 2 rings (SSSR count). The van der Waals surface area contributed by atoms with Gasteiger partial charge < -0.3 is 5.32 Å². The van der Waals surface area contributed by atoms with Crippen LogP contribution < -0.4 is 5.32 Å². The van der Waals surface area contributed by atoms with Crippen molar-refractivity contribution in [1.29, 1.82) is 0 Å². The Bertz CT molecular complexity index is 340. The van der Waals surface area contributed by atoms with Crippen LogP contribution in [0.4, 0.5) is 5.82 Å². The molecule has 3 nitrogen and oxygen atoms in total. The lowest BCUT2D eigenvalue weighted by molar-refractivity contribution is 0.840. The highest BCUT2D eigenvalue weighted by Gasteiger charge is 2.36. The topological polar surface area (TPSA) is 37.8 Å². The maximum absolute atomic E-state index is 4.51. The molecule has 1 saturated carbocycles. The van der Waals surface area contributed by atoms with Crippen LogP contribution in [0.5, 0.6) is 0 Å². The number of anilines is 1. The van der Waals surface area contributed by atoms with E-state index in [1.165, 1.54) is 6.42 Å². The summed E-state index contributed by atoms with van der Waals surface area (Å²) in [5.41, 5.74) is 0. The van der Waals surface area contributed by atoms with Gasteiger partial charge in [-0.25, -0.2) is 9.97 Å². The van der Waals surface area contributed by atoms with Gasteiger partial charge >= 0.3 is 0 Å². The molecule has 1 aliphatic carbocycles. The first-order valence-electron chi connectivity index (χ1n) is 4.98. The van der Waals surface area contributed by atoms with Gasteiger partial charge in [0.1, 0.15) is 11.6 Å². The van der Waals surface area contributed by atoms with Gasteiger partial charge in [-0.2, -0.15) is 0 Å². The average molecular weight is 256 g/mol. The molecule has 0 radical (unpaired) electrons. The van der Waals surface area contributed by atoms with Gasteiger partial charge in [-0.1, -0.05) is 6.92 Å². The molecule has 1 aromatic rings. The molecule has 0 spiro atoms. The molecule has 0 amide bonds. The second kappa shape index (κ2) is 3.85. The Morgan fingerprint density at radius 1 is 1.64 bits per heavy atom. The smallest absolute Gasteiger partial charge is 0.144 e. The van der Waals surface area contributed by atoms with Crippen molar-refractivity contribution in [2.24, 2.45) is 5.92 Å². The van der Waals surface area contributed by atoms with Crippen LogP contribution in [-0.4, -0.2) is 16.5 Å². The van der Waals surface area contributed by atoms with E-state index in [2.05, 4.69) is 45.1 Å². The zero-order valence-electron chi connectivity index (χ0n) is 8.42. The van der Waals surface area contributed by atoms with E-state index >= 15 is 0 Å². The Morgan fingerprint density at radius 2 is 2.36 bits per heavy atom. The van der Waals surface area contributed by atoms with Crippen LogP contribution in [0.2, 0.25) is 0 Å². The summed E-state index contributed by atoms with van der Waals surface area (Å²) >= 11 is 3.43. The first-order chi connectivity index (χ1) is 6.72. The summed E-state index contributed by atoms with van der Waals surface area (Å²) in [6, 6.07) is 0. The van der Waals surface area contributed by atoms with Gasteiger partial charge in [-0.05, 0) is 35.2 Å². The zero-order chi connectivity index (χ0) is 10.1. The van der Waals surface area contributed by atoms with Crippen molar-refractivity contribution in [3.05, 3.63) is 16.5 Å². The molecule has 0 saturated heterocycles. The van der Waals surface area contributed by atoms with Crippen LogP contribution in [0.1, 0.15) is 32.0 Å². The zero-order valence-corrected chi connectivity index (χ0v) is 10.0. The number of hydrogen-bond acceptors (Lipinski definition) is 3. The molecule has 1 N–H and O–H groups in total. The molecular weight excluding hydrogens is 242 g/mol. The number of hydrogen-bond donors (Lipinski definition) is 1. The maximum atomic E-state index is 4.51. The SMILES string of the molecule is CCNc1nc(C2CC2C)ncc1Br. The fourth-order valence-corrected chi connectivity index (χ4v) is 1.86. The Kier molecular flexibility index (Phi) is 2.72. The van der Waals surface area contributed by atoms with Gasteiger partial charge in [0, 0.05) is 18.7 Å². The van der Waals surface area contributed by atoms with E-state index in [4.69, 9.17) is 0 Å². The molecular formula is C10H14BrN3. The molecule has 0 aliphatic heterocycles. The molecule has 1 aliphatic rings. The second-order valence-corrected chi connectivity index (χ2v) is 4.63. The van der Waals surface area contributed by atoms with Gasteiger partial charge in [0.15, 0.2) is 0 Å².